The molecule has 0 atom stereocenters. The molecule has 0 amide bonds. The second-order valence-electron chi connectivity index (χ2n) is 5.07. The van der Waals surface area contributed by atoms with Gasteiger partial charge in [0, 0.05) is 19.2 Å². The van der Waals surface area contributed by atoms with E-state index in [4.69, 9.17) is 4.74 Å². The lowest BCUT2D eigenvalue weighted by molar-refractivity contribution is 0.125. The quantitative estimate of drug-likeness (QED) is 0.697. The van der Waals surface area contributed by atoms with Gasteiger partial charge >= 0.3 is 0 Å². The average molecular weight is 271 g/mol. The van der Waals surface area contributed by atoms with Crippen molar-refractivity contribution in [2.24, 2.45) is 5.92 Å². The van der Waals surface area contributed by atoms with Crippen molar-refractivity contribution in [3.8, 4) is 0 Å². The Morgan fingerprint density at radius 2 is 1.74 bits per heavy atom. The molecule has 0 saturated carbocycles. The van der Waals surface area contributed by atoms with E-state index in [0.29, 0.717) is 31.1 Å². The minimum absolute atomic E-state index is 0.521. The summed E-state index contributed by atoms with van der Waals surface area (Å²) in [6.45, 7) is 7.24. The largest absolute Gasteiger partial charge is 0.380 e. The summed E-state index contributed by atoms with van der Waals surface area (Å²) in [6, 6.07) is 3.62. The van der Waals surface area contributed by atoms with Crippen LogP contribution in [0.2, 0.25) is 0 Å². The van der Waals surface area contributed by atoms with Crippen molar-refractivity contribution in [2.75, 3.05) is 26.3 Å². The molecule has 0 fully saturated rings. The van der Waals surface area contributed by atoms with Gasteiger partial charge in [-0.15, -0.1) is 0 Å². The lowest BCUT2D eigenvalue weighted by atomic mass is 10.1. The topological polar surface area (TPSA) is 21.3 Å². The molecular weight excluding hydrogens is 248 g/mol. The van der Waals surface area contributed by atoms with Crippen molar-refractivity contribution in [3.63, 3.8) is 0 Å². The molecule has 0 aliphatic carbocycles. The Hall–Kier alpha value is -1.00. The Kier molecular flexibility index (Phi) is 7.60. The van der Waals surface area contributed by atoms with Crippen LogP contribution >= 0.6 is 0 Å². The molecule has 0 saturated heterocycles. The van der Waals surface area contributed by atoms with Gasteiger partial charge in [-0.2, -0.15) is 0 Å². The van der Waals surface area contributed by atoms with E-state index in [1.54, 1.807) is 0 Å². The highest BCUT2D eigenvalue weighted by Gasteiger charge is 2.00. The zero-order valence-electron chi connectivity index (χ0n) is 11.7. The highest BCUT2D eigenvalue weighted by atomic mass is 19.1. The standard InChI is InChI=1S/C15H23F2NO/c1-12(2)4-7-19-8-6-18-5-3-13-9-14(16)11-15(17)10-13/h9-12,18H,3-8H2,1-2H3. The smallest absolute Gasteiger partial charge is 0.126 e. The fraction of sp³-hybridized carbons (Fsp3) is 0.600. The lowest BCUT2D eigenvalue weighted by Gasteiger charge is -2.08. The van der Waals surface area contributed by atoms with Crippen LogP contribution in [-0.4, -0.2) is 26.3 Å². The van der Waals surface area contributed by atoms with Crippen molar-refractivity contribution < 1.29 is 13.5 Å². The maximum absolute atomic E-state index is 12.9. The predicted octanol–water partition coefficient (Wildman–Crippen LogP) is 3.16. The Balaban J connectivity index is 2.04. The van der Waals surface area contributed by atoms with E-state index in [0.717, 1.165) is 25.6 Å². The average Bonchev–Trinajstić information content (AvgIpc) is 2.31. The molecule has 1 N–H and O–H groups in total. The summed E-state index contributed by atoms with van der Waals surface area (Å²) in [5, 5.41) is 3.19. The van der Waals surface area contributed by atoms with E-state index in [-0.39, 0.29) is 0 Å². The summed E-state index contributed by atoms with van der Waals surface area (Å²) < 4.78 is 31.3. The highest BCUT2D eigenvalue weighted by molar-refractivity contribution is 5.18. The number of benzene rings is 1. The number of hydrogen-bond acceptors (Lipinski definition) is 2. The van der Waals surface area contributed by atoms with Crippen molar-refractivity contribution in [1.82, 2.24) is 5.32 Å². The summed E-state index contributed by atoms with van der Waals surface area (Å²) in [5.41, 5.74) is 0.672. The number of ether oxygens (including phenoxy) is 1. The molecule has 2 nitrogen and oxygen atoms in total. The lowest BCUT2D eigenvalue weighted by Crippen LogP contribution is -2.22. The molecule has 0 aliphatic heterocycles. The fourth-order valence-electron chi connectivity index (χ4n) is 1.68. The van der Waals surface area contributed by atoms with Gasteiger partial charge in [0.1, 0.15) is 11.6 Å². The second kappa shape index (κ2) is 8.99. The zero-order valence-corrected chi connectivity index (χ0v) is 11.7. The molecule has 1 rings (SSSR count). The van der Waals surface area contributed by atoms with E-state index < -0.39 is 11.6 Å². The van der Waals surface area contributed by atoms with E-state index in [2.05, 4.69) is 19.2 Å². The molecule has 19 heavy (non-hydrogen) atoms. The number of halogens is 2. The van der Waals surface area contributed by atoms with Crippen LogP contribution in [0.1, 0.15) is 25.8 Å². The van der Waals surface area contributed by atoms with E-state index in [1.165, 1.54) is 12.1 Å². The monoisotopic (exact) mass is 271 g/mol. The third-order valence-corrected chi connectivity index (χ3v) is 2.78. The van der Waals surface area contributed by atoms with Gasteiger partial charge in [-0.05, 0) is 43.0 Å². The van der Waals surface area contributed by atoms with Crippen LogP contribution in [-0.2, 0) is 11.2 Å². The third kappa shape index (κ3) is 7.90. The van der Waals surface area contributed by atoms with Gasteiger partial charge in [-0.1, -0.05) is 13.8 Å². The van der Waals surface area contributed by atoms with E-state index in [9.17, 15) is 8.78 Å². The van der Waals surface area contributed by atoms with Gasteiger partial charge in [-0.3, -0.25) is 0 Å². The SMILES string of the molecule is CC(C)CCOCCNCCc1cc(F)cc(F)c1. The van der Waals surface area contributed by atoms with Crippen LogP contribution < -0.4 is 5.32 Å². The van der Waals surface area contributed by atoms with Crippen LogP contribution in [0, 0.1) is 17.6 Å². The van der Waals surface area contributed by atoms with Gasteiger partial charge in [0.05, 0.1) is 6.61 Å². The van der Waals surface area contributed by atoms with Crippen LogP contribution in [0.4, 0.5) is 8.78 Å². The fourth-order valence-corrected chi connectivity index (χ4v) is 1.68. The van der Waals surface area contributed by atoms with Crippen molar-refractivity contribution in [2.45, 2.75) is 26.7 Å². The van der Waals surface area contributed by atoms with Gasteiger partial charge in [-0.25, -0.2) is 8.78 Å². The molecule has 0 unspecified atom stereocenters. The summed E-state index contributed by atoms with van der Waals surface area (Å²) in [4.78, 5) is 0. The molecule has 0 aliphatic rings. The van der Waals surface area contributed by atoms with Crippen LogP contribution in [0.5, 0.6) is 0 Å². The maximum Gasteiger partial charge on any atom is 0.126 e. The van der Waals surface area contributed by atoms with Crippen LogP contribution in [0.3, 0.4) is 0 Å². The number of hydrogen-bond donors (Lipinski definition) is 1. The molecule has 4 heteroatoms. The molecule has 0 spiro atoms. The minimum Gasteiger partial charge on any atom is -0.380 e. The van der Waals surface area contributed by atoms with Gasteiger partial charge in [0.25, 0.3) is 0 Å². The summed E-state index contributed by atoms with van der Waals surface area (Å²) in [7, 11) is 0. The molecule has 108 valence electrons. The molecule has 0 bridgehead atoms. The third-order valence-electron chi connectivity index (χ3n) is 2.78. The first-order valence-electron chi connectivity index (χ1n) is 6.81. The molecule has 1 aromatic rings. The predicted molar refractivity (Wildman–Crippen MR) is 73.2 cm³/mol. The maximum atomic E-state index is 12.9. The number of rotatable bonds is 9. The molecule has 0 heterocycles. The normalized spacial score (nSPS) is 11.2. The first-order valence-corrected chi connectivity index (χ1v) is 6.81. The minimum atomic E-state index is -0.521. The molecule has 0 radical (unpaired) electrons. The van der Waals surface area contributed by atoms with Crippen LogP contribution in [0.15, 0.2) is 18.2 Å². The Morgan fingerprint density at radius 1 is 1.05 bits per heavy atom. The molecule has 1 aromatic carbocycles. The van der Waals surface area contributed by atoms with Crippen molar-refractivity contribution in [1.29, 1.82) is 0 Å². The van der Waals surface area contributed by atoms with Crippen molar-refractivity contribution >= 4 is 0 Å². The number of nitrogens with one attached hydrogen (secondary N) is 1. The summed E-state index contributed by atoms with van der Waals surface area (Å²) >= 11 is 0. The Labute approximate surface area is 114 Å². The zero-order chi connectivity index (χ0) is 14.1. The highest BCUT2D eigenvalue weighted by Crippen LogP contribution is 2.07. The van der Waals surface area contributed by atoms with Crippen molar-refractivity contribution in [3.05, 3.63) is 35.4 Å². The second-order valence-corrected chi connectivity index (χ2v) is 5.07. The van der Waals surface area contributed by atoms with Gasteiger partial charge < -0.3 is 10.1 Å². The Bertz CT molecular complexity index is 349. The summed E-state index contributed by atoms with van der Waals surface area (Å²) in [5.74, 6) is -0.380. The molecule has 0 aromatic heterocycles. The van der Waals surface area contributed by atoms with E-state index >= 15 is 0 Å². The Morgan fingerprint density at radius 3 is 2.37 bits per heavy atom. The van der Waals surface area contributed by atoms with Gasteiger partial charge in [0.15, 0.2) is 0 Å². The van der Waals surface area contributed by atoms with Gasteiger partial charge in [0.2, 0.25) is 0 Å². The first kappa shape index (κ1) is 16.1. The van der Waals surface area contributed by atoms with Crippen LogP contribution in [0.25, 0.3) is 0 Å². The van der Waals surface area contributed by atoms with E-state index in [1.807, 2.05) is 0 Å². The molecular formula is C15H23F2NO. The summed E-state index contributed by atoms with van der Waals surface area (Å²) in [6.07, 6.45) is 1.68. The first-order chi connectivity index (χ1) is 9.08.